The maximum absolute atomic E-state index is 10.6. The smallest absolute Gasteiger partial charge is 0.407 e. The third-order valence-corrected chi connectivity index (χ3v) is 3.20. The van der Waals surface area contributed by atoms with Gasteiger partial charge in [-0.3, -0.25) is 0 Å². The van der Waals surface area contributed by atoms with Gasteiger partial charge in [-0.1, -0.05) is 6.92 Å². The second-order valence-corrected chi connectivity index (χ2v) is 4.10. The second-order valence-electron chi connectivity index (χ2n) is 4.10. The van der Waals surface area contributed by atoms with Crippen LogP contribution >= 0.6 is 0 Å². The van der Waals surface area contributed by atoms with Crippen LogP contribution in [0.1, 0.15) is 26.2 Å². The molecule has 0 spiro atoms. The first-order valence-electron chi connectivity index (χ1n) is 5.24. The summed E-state index contributed by atoms with van der Waals surface area (Å²) in [5, 5.41) is 17.6. The topological polar surface area (TPSA) is 60.8 Å². The van der Waals surface area contributed by atoms with Gasteiger partial charge in [0.15, 0.2) is 0 Å². The van der Waals surface area contributed by atoms with E-state index in [1.54, 1.807) is 0 Å². The zero-order chi connectivity index (χ0) is 10.6. The van der Waals surface area contributed by atoms with Gasteiger partial charge >= 0.3 is 6.09 Å². The second kappa shape index (κ2) is 5.20. The number of aliphatic hydroxyl groups excluding tert-OH is 1. The Hall–Kier alpha value is -0.770. The minimum absolute atomic E-state index is 0.236. The van der Waals surface area contributed by atoms with Crippen molar-refractivity contribution in [2.75, 3.05) is 19.7 Å². The highest BCUT2D eigenvalue weighted by Gasteiger charge is 2.25. The Balaban J connectivity index is 2.31. The van der Waals surface area contributed by atoms with Crippen LogP contribution in [0, 0.1) is 11.8 Å². The molecule has 82 valence electrons. The normalized spacial score (nSPS) is 20.9. The number of amides is 1. The van der Waals surface area contributed by atoms with E-state index in [9.17, 15) is 4.79 Å². The van der Waals surface area contributed by atoms with Gasteiger partial charge in [-0.2, -0.15) is 0 Å². The van der Waals surface area contributed by atoms with Crippen molar-refractivity contribution in [3.63, 3.8) is 0 Å². The standard InChI is InChI=1S/C10H19NO3/c1-8(4-7-12)9-2-5-11(6-3-9)10(13)14/h8-9,12H,2-7H2,1H3,(H,13,14). The van der Waals surface area contributed by atoms with Gasteiger partial charge in [0.1, 0.15) is 0 Å². The Morgan fingerprint density at radius 1 is 1.50 bits per heavy atom. The number of hydrogen-bond donors (Lipinski definition) is 2. The predicted octanol–water partition coefficient (Wildman–Crippen LogP) is 1.39. The van der Waals surface area contributed by atoms with E-state index in [1.165, 1.54) is 4.90 Å². The van der Waals surface area contributed by atoms with E-state index >= 15 is 0 Å². The summed E-state index contributed by atoms with van der Waals surface area (Å²) in [7, 11) is 0. The fourth-order valence-corrected chi connectivity index (χ4v) is 2.10. The number of likely N-dealkylation sites (tertiary alicyclic amines) is 1. The summed E-state index contributed by atoms with van der Waals surface area (Å²) in [6, 6.07) is 0. The Morgan fingerprint density at radius 3 is 2.50 bits per heavy atom. The van der Waals surface area contributed by atoms with Crippen molar-refractivity contribution in [2.45, 2.75) is 26.2 Å². The summed E-state index contributed by atoms with van der Waals surface area (Å²) < 4.78 is 0. The van der Waals surface area contributed by atoms with E-state index in [2.05, 4.69) is 6.92 Å². The summed E-state index contributed by atoms with van der Waals surface area (Å²) in [4.78, 5) is 12.1. The fraction of sp³-hybridized carbons (Fsp3) is 0.900. The number of carboxylic acid groups (broad SMARTS) is 1. The molecule has 0 aliphatic carbocycles. The third kappa shape index (κ3) is 2.87. The number of aliphatic hydroxyl groups is 1. The Bertz CT molecular complexity index is 188. The lowest BCUT2D eigenvalue weighted by Gasteiger charge is -2.33. The maximum atomic E-state index is 10.6. The van der Waals surface area contributed by atoms with Gasteiger partial charge in [0.2, 0.25) is 0 Å². The van der Waals surface area contributed by atoms with Crippen LogP contribution in [0.15, 0.2) is 0 Å². The average Bonchev–Trinajstić information content (AvgIpc) is 2.18. The number of hydrogen-bond acceptors (Lipinski definition) is 2. The summed E-state index contributed by atoms with van der Waals surface area (Å²) in [6.45, 7) is 3.67. The van der Waals surface area contributed by atoms with E-state index in [-0.39, 0.29) is 6.61 Å². The molecule has 1 atom stereocenters. The highest BCUT2D eigenvalue weighted by Crippen LogP contribution is 2.26. The van der Waals surface area contributed by atoms with Crippen molar-refractivity contribution in [1.82, 2.24) is 4.90 Å². The van der Waals surface area contributed by atoms with Crippen molar-refractivity contribution in [1.29, 1.82) is 0 Å². The van der Waals surface area contributed by atoms with Crippen LogP contribution in [0.4, 0.5) is 4.79 Å². The molecule has 0 radical (unpaired) electrons. The van der Waals surface area contributed by atoms with Crippen LogP contribution in [0.2, 0.25) is 0 Å². The Labute approximate surface area is 84.5 Å². The summed E-state index contributed by atoms with van der Waals surface area (Å²) >= 11 is 0. The summed E-state index contributed by atoms with van der Waals surface area (Å²) in [5.74, 6) is 1.09. The Morgan fingerprint density at radius 2 is 2.07 bits per heavy atom. The molecular formula is C10H19NO3. The van der Waals surface area contributed by atoms with Crippen LogP contribution in [0.5, 0.6) is 0 Å². The monoisotopic (exact) mass is 201 g/mol. The van der Waals surface area contributed by atoms with E-state index < -0.39 is 6.09 Å². The van der Waals surface area contributed by atoms with Gasteiger partial charge in [-0.15, -0.1) is 0 Å². The van der Waals surface area contributed by atoms with E-state index in [0.717, 1.165) is 19.3 Å². The molecule has 1 amide bonds. The van der Waals surface area contributed by atoms with Gasteiger partial charge in [0.25, 0.3) is 0 Å². The molecule has 14 heavy (non-hydrogen) atoms. The lowest BCUT2D eigenvalue weighted by molar-refractivity contribution is 0.109. The number of piperidine rings is 1. The van der Waals surface area contributed by atoms with Crippen molar-refractivity contribution in [3.05, 3.63) is 0 Å². The number of nitrogens with zero attached hydrogens (tertiary/aromatic N) is 1. The average molecular weight is 201 g/mol. The van der Waals surface area contributed by atoms with Gasteiger partial charge in [-0.25, -0.2) is 4.79 Å². The summed E-state index contributed by atoms with van der Waals surface area (Å²) in [6.07, 6.45) is 1.90. The molecule has 0 aromatic rings. The molecule has 1 saturated heterocycles. The first-order valence-corrected chi connectivity index (χ1v) is 5.24. The molecule has 2 N–H and O–H groups in total. The van der Waals surface area contributed by atoms with Crippen molar-refractivity contribution in [2.24, 2.45) is 11.8 Å². The zero-order valence-electron chi connectivity index (χ0n) is 8.65. The minimum Gasteiger partial charge on any atom is -0.465 e. The molecule has 1 heterocycles. The number of carbonyl (C=O) groups is 1. The molecule has 0 bridgehead atoms. The molecule has 1 unspecified atom stereocenters. The van der Waals surface area contributed by atoms with Crippen LogP contribution in [0.3, 0.4) is 0 Å². The first-order chi connectivity index (χ1) is 6.65. The lowest BCUT2D eigenvalue weighted by Crippen LogP contribution is -2.39. The highest BCUT2D eigenvalue weighted by atomic mass is 16.4. The summed E-state index contributed by atoms with van der Waals surface area (Å²) in [5.41, 5.74) is 0. The fourth-order valence-electron chi connectivity index (χ4n) is 2.10. The lowest BCUT2D eigenvalue weighted by atomic mass is 9.84. The van der Waals surface area contributed by atoms with E-state index in [0.29, 0.717) is 24.9 Å². The molecular weight excluding hydrogens is 182 g/mol. The number of rotatable bonds is 3. The van der Waals surface area contributed by atoms with Crippen molar-refractivity contribution in [3.8, 4) is 0 Å². The zero-order valence-corrected chi connectivity index (χ0v) is 8.65. The predicted molar refractivity (Wildman–Crippen MR) is 53.2 cm³/mol. The van der Waals surface area contributed by atoms with Crippen molar-refractivity contribution < 1.29 is 15.0 Å². The van der Waals surface area contributed by atoms with Crippen LogP contribution in [-0.2, 0) is 0 Å². The van der Waals surface area contributed by atoms with Gasteiger partial charge in [0.05, 0.1) is 0 Å². The quantitative estimate of drug-likeness (QED) is 0.725. The molecule has 1 fully saturated rings. The minimum atomic E-state index is -0.807. The highest BCUT2D eigenvalue weighted by molar-refractivity contribution is 5.64. The first kappa shape index (κ1) is 11.3. The molecule has 4 nitrogen and oxygen atoms in total. The molecule has 1 rings (SSSR count). The van der Waals surface area contributed by atoms with Gasteiger partial charge < -0.3 is 15.1 Å². The molecule has 0 aromatic heterocycles. The molecule has 0 aromatic carbocycles. The SMILES string of the molecule is CC(CCO)C1CCN(C(=O)O)CC1. The van der Waals surface area contributed by atoms with E-state index in [1.807, 2.05) is 0 Å². The van der Waals surface area contributed by atoms with Crippen molar-refractivity contribution >= 4 is 6.09 Å². The third-order valence-electron chi connectivity index (χ3n) is 3.20. The van der Waals surface area contributed by atoms with Crippen LogP contribution in [-0.4, -0.2) is 40.9 Å². The molecule has 1 aliphatic heterocycles. The van der Waals surface area contributed by atoms with Crippen LogP contribution < -0.4 is 0 Å². The largest absolute Gasteiger partial charge is 0.465 e. The Kier molecular flexibility index (Phi) is 4.20. The molecule has 1 aliphatic rings. The van der Waals surface area contributed by atoms with Crippen LogP contribution in [0.25, 0.3) is 0 Å². The molecule has 0 saturated carbocycles. The van der Waals surface area contributed by atoms with Gasteiger partial charge in [0, 0.05) is 19.7 Å². The van der Waals surface area contributed by atoms with Gasteiger partial charge in [-0.05, 0) is 31.1 Å². The van der Waals surface area contributed by atoms with E-state index in [4.69, 9.17) is 10.2 Å². The molecule has 4 heteroatoms. The maximum Gasteiger partial charge on any atom is 0.407 e.